The number of ketones is 1. The molecule has 1 aromatic carbocycles. The van der Waals surface area contributed by atoms with Crippen molar-refractivity contribution >= 4 is 27.6 Å². The lowest BCUT2D eigenvalue weighted by Gasteiger charge is -2.36. The van der Waals surface area contributed by atoms with E-state index in [1.807, 2.05) is 24.3 Å². The molecule has 24 heavy (non-hydrogen) atoms. The van der Waals surface area contributed by atoms with E-state index in [1.54, 1.807) is 24.2 Å². The molecule has 7 heteroatoms. The zero-order valence-corrected chi connectivity index (χ0v) is 14.9. The molecular formula is C17H24N2O4S. The number of anilines is 1. The highest BCUT2D eigenvalue weighted by Crippen LogP contribution is 2.24. The van der Waals surface area contributed by atoms with Gasteiger partial charge in [-0.3, -0.25) is 4.79 Å². The Bertz CT molecular complexity index is 705. The zero-order chi connectivity index (χ0) is 17.7. The van der Waals surface area contributed by atoms with Gasteiger partial charge < -0.3 is 10.0 Å². The summed E-state index contributed by atoms with van der Waals surface area (Å²) in [4.78, 5) is 13.4. The van der Waals surface area contributed by atoms with E-state index in [0.29, 0.717) is 26.2 Å². The molecule has 0 saturated carbocycles. The SMILES string of the molecule is CC(C)S(=O)(=O)N1CCN(c2ccccc2/C=C/C(=O)CO)CC1. The molecule has 2 rings (SSSR count). The lowest BCUT2D eigenvalue weighted by Crippen LogP contribution is -2.50. The maximum absolute atomic E-state index is 12.2. The number of piperazine rings is 1. The second-order valence-corrected chi connectivity index (χ2v) is 8.49. The smallest absolute Gasteiger partial charge is 0.216 e. The van der Waals surface area contributed by atoms with Crippen LogP contribution in [0.15, 0.2) is 30.3 Å². The van der Waals surface area contributed by atoms with E-state index in [9.17, 15) is 13.2 Å². The largest absolute Gasteiger partial charge is 0.388 e. The van der Waals surface area contributed by atoms with Gasteiger partial charge in [0.25, 0.3) is 0 Å². The molecule has 0 atom stereocenters. The Morgan fingerprint density at radius 2 is 1.83 bits per heavy atom. The van der Waals surface area contributed by atoms with Crippen LogP contribution in [-0.4, -0.2) is 61.6 Å². The van der Waals surface area contributed by atoms with E-state index in [2.05, 4.69) is 4.90 Å². The third-order valence-electron chi connectivity index (χ3n) is 4.08. The Balaban J connectivity index is 2.12. The van der Waals surface area contributed by atoms with E-state index >= 15 is 0 Å². The van der Waals surface area contributed by atoms with Crippen molar-refractivity contribution in [2.75, 3.05) is 37.7 Å². The second kappa shape index (κ2) is 7.92. The summed E-state index contributed by atoms with van der Waals surface area (Å²) in [5.41, 5.74) is 1.83. The molecule has 0 aliphatic carbocycles. The first-order valence-corrected chi connectivity index (χ1v) is 9.51. The molecular weight excluding hydrogens is 328 g/mol. The van der Waals surface area contributed by atoms with Gasteiger partial charge in [0.15, 0.2) is 5.78 Å². The highest BCUT2D eigenvalue weighted by atomic mass is 32.2. The summed E-state index contributed by atoms with van der Waals surface area (Å²) in [6, 6.07) is 7.65. The summed E-state index contributed by atoms with van der Waals surface area (Å²) in [5.74, 6) is -0.349. The lowest BCUT2D eigenvalue weighted by atomic mass is 10.1. The third kappa shape index (κ3) is 4.23. The predicted octanol–water partition coefficient (Wildman–Crippen LogP) is 1.12. The van der Waals surface area contributed by atoms with Gasteiger partial charge in [-0.2, -0.15) is 4.31 Å². The number of carbonyl (C=O) groups excluding carboxylic acids is 1. The van der Waals surface area contributed by atoms with Gasteiger partial charge in [0, 0.05) is 31.9 Å². The van der Waals surface area contributed by atoms with Crippen LogP contribution in [-0.2, 0) is 14.8 Å². The van der Waals surface area contributed by atoms with E-state index in [0.717, 1.165) is 11.3 Å². The van der Waals surface area contributed by atoms with Crippen LogP contribution in [0.25, 0.3) is 6.08 Å². The van der Waals surface area contributed by atoms with Crippen molar-refractivity contribution in [1.29, 1.82) is 0 Å². The molecule has 132 valence electrons. The standard InChI is InChI=1S/C17H24N2O4S/c1-14(2)24(22,23)19-11-9-18(10-12-19)17-6-4-3-5-15(17)7-8-16(21)13-20/h3-8,14,20H,9-13H2,1-2H3/b8-7+. The lowest BCUT2D eigenvalue weighted by molar-refractivity contribution is -0.117. The summed E-state index contributed by atoms with van der Waals surface area (Å²) in [6.07, 6.45) is 3.05. The van der Waals surface area contributed by atoms with Crippen LogP contribution < -0.4 is 4.90 Å². The Morgan fingerprint density at radius 3 is 2.42 bits per heavy atom. The van der Waals surface area contributed by atoms with Crippen LogP contribution in [0.5, 0.6) is 0 Å². The zero-order valence-electron chi connectivity index (χ0n) is 14.1. The second-order valence-electron chi connectivity index (χ2n) is 6.00. The van der Waals surface area contributed by atoms with Crippen molar-refractivity contribution in [1.82, 2.24) is 4.31 Å². The molecule has 0 amide bonds. The van der Waals surface area contributed by atoms with Gasteiger partial charge >= 0.3 is 0 Å². The number of para-hydroxylation sites is 1. The van der Waals surface area contributed by atoms with Gasteiger partial charge in [-0.05, 0) is 37.6 Å². The van der Waals surface area contributed by atoms with E-state index < -0.39 is 21.9 Å². The maximum atomic E-state index is 12.2. The first kappa shape index (κ1) is 18.6. The van der Waals surface area contributed by atoms with Gasteiger partial charge in [0.1, 0.15) is 6.61 Å². The van der Waals surface area contributed by atoms with Crippen molar-refractivity contribution in [2.45, 2.75) is 19.1 Å². The minimum Gasteiger partial charge on any atom is -0.388 e. The fraction of sp³-hybridized carbons (Fsp3) is 0.471. The molecule has 1 aliphatic heterocycles. The number of aliphatic hydroxyl groups excluding tert-OH is 1. The normalized spacial score (nSPS) is 16.9. The molecule has 0 bridgehead atoms. The summed E-state index contributed by atoms with van der Waals surface area (Å²) >= 11 is 0. The molecule has 0 radical (unpaired) electrons. The fourth-order valence-electron chi connectivity index (χ4n) is 2.63. The highest BCUT2D eigenvalue weighted by Gasteiger charge is 2.29. The van der Waals surface area contributed by atoms with Gasteiger partial charge in [0.05, 0.1) is 5.25 Å². The average molecular weight is 352 g/mol. The van der Waals surface area contributed by atoms with Gasteiger partial charge in [-0.15, -0.1) is 0 Å². The van der Waals surface area contributed by atoms with Gasteiger partial charge in [0.2, 0.25) is 10.0 Å². The fourth-order valence-corrected chi connectivity index (χ4v) is 3.90. The van der Waals surface area contributed by atoms with Crippen molar-refractivity contribution < 1.29 is 18.3 Å². The molecule has 1 heterocycles. The van der Waals surface area contributed by atoms with Gasteiger partial charge in [-0.1, -0.05) is 18.2 Å². The van der Waals surface area contributed by atoms with Crippen LogP contribution in [0.1, 0.15) is 19.4 Å². The third-order valence-corrected chi connectivity index (χ3v) is 6.35. The quantitative estimate of drug-likeness (QED) is 0.777. The minimum atomic E-state index is -3.22. The monoisotopic (exact) mass is 352 g/mol. The summed E-state index contributed by atoms with van der Waals surface area (Å²) in [5, 5.41) is 8.39. The molecule has 1 fully saturated rings. The molecule has 0 unspecified atom stereocenters. The van der Waals surface area contributed by atoms with Crippen LogP contribution >= 0.6 is 0 Å². The summed E-state index contributed by atoms with van der Waals surface area (Å²) in [6.45, 7) is 4.99. The van der Waals surface area contributed by atoms with E-state index in [1.165, 1.54) is 6.08 Å². The van der Waals surface area contributed by atoms with Crippen LogP contribution in [0.3, 0.4) is 0 Å². The molecule has 0 spiro atoms. The summed E-state index contributed by atoms with van der Waals surface area (Å²) in [7, 11) is -3.22. The first-order valence-electron chi connectivity index (χ1n) is 8.01. The number of hydrogen-bond acceptors (Lipinski definition) is 5. The first-order chi connectivity index (χ1) is 11.4. The molecule has 1 aliphatic rings. The number of sulfonamides is 1. The number of nitrogens with zero attached hydrogens (tertiary/aromatic N) is 2. The summed E-state index contributed by atoms with van der Waals surface area (Å²) < 4.78 is 26.0. The minimum absolute atomic E-state index is 0.349. The van der Waals surface area contributed by atoms with Crippen molar-refractivity contribution in [3.63, 3.8) is 0 Å². The molecule has 1 saturated heterocycles. The van der Waals surface area contributed by atoms with Crippen molar-refractivity contribution in [3.05, 3.63) is 35.9 Å². The Kier molecular flexibility index (Phi) is 6.15. The van der Waals surface area contributed by atoms with Crippen LogP contribution in [0, 0.1) is 0 Å². The highest BCUT2D eigenvalue weighted by molar-refractivity contribution is 7.89. The molecule has 0 aromatic heterocycles. The number of benzene rings is 1. The maximum Gasteiger partial charge on any atom is 0.216 e. The topological polar surface area (TPSA) is 77.9 Å². The Morgan fingerprint density at radius 1 is 1.21 bits per heavy atom. The molecule has 1 aromatic rings. The Hall–Kier alpha value is -1.70. The van der Waals surface area contributed by atoms with Crippen LogP contribution in [0.2, 0.25) is 0 Å². The number of rotatable bonds is 6. The van der Waals surface area contributed by atoms with Crippen LogP contribution in [0.4, 0.5) is 5.69 Å². The number of hydrogen-bond donors (Lipinski definition) is 1. The van der Waals surface area contributed by atoms with E-state index in [4.69, 9.17) is 5.11 Å². The van der Waals surface area contributed by atoms with Crippen molar-refractivity contribution in [2.24, 2.45) is 0 Å². The number of aliphatic hydroxyl groups is 1. The average Bonchev–Trinajstić information content (AvgIpc) is 2.59. The molecule has 6 nitrogen and oxygen atoms in total. The Labute approximate surface area is 143 Å². The number of carbonyl (C=O) groups is 1. The van der Waals surface area contributed by atoms with Crippen molar-refractivity contribution in [3.8, 4) is 0 Å². The predicted molar refractivity (Wildman–Crippen MR) is 95.4 cm³/mol. The van der Waals surface area contributed by atoms with Gasteiger partial charge in [-0.25, -0.2) is 8.42 Å². The van der Waals surface area contributed by atoms with E-state index in [-0.39, 0.29) is 5.78 Å². The molecule has 1 N–H and O–H groups in total.